The van der Waals surface area contributed by atoms with Crippen molar-refractivity contribution in [1.29, 1.82) is 0 Å². The van der Waals surface area contributed by atoms with E-state index >= 15 is 0 Å². The van der Waals surface area contributed by atoms with Gasteiger partial charge in [0.1, 0.15) is 0 Å². The molecule has 1 aromatic carbocycles. The summed E-state index contributed by atoms with van der Waals surface area (Å²) >= 11 is 9.74. The van der Waals surface area contributed by atoms with Crippen molar-refractivity contribution in [1.82, 2.24) is 4.90 Å². The van der Waals surface area contributed by atoms with Gasteiger partial charge in [0.2, 0.25) is 0 Å². The maximum absolute atomic E-state index is 6.24. The number of nitrogens with zero attached hydrogens (tertiary/aromatic N) is 1. The molecule has 1 aliphatic rings. The van der Waals surface area contributed by atoms with Crippen LogP contribution in [-0.2, 0) is 0 Å². The number of nitrogens with one attached hydrogen (secondary N) is 1. The summed E-state index contributed by atoms with van der Waals surface area (Å²) in [6, 6.07) is 6.52. The van der Waals surface area contributed by atoms with Gasteiger partial charge in [-0.1, -0.05) is 34.5 Å². The lowest BCUT2D eigenvalue weighted by atomic mass is 10.1. The van der Waals surface area contributed by atoms with E-state index in [-0.39, 0.29) is 0 Å². The van der Waals surface area contributed by atoms with Crippen LogP contribution in [-0.4, -0.2) is 30.6 Å². The second kappa shape index (κ2) is 7.51. The molecule has 106 valence electrons. The van der Waals surface area contributed by atoms with Crippen LogP contribution < -0.4 is 5.32 Å². The van der Waals surface area contributed by atoms with Gasteiger partial charge in [0.15, 0.2) is 0 Å². The smallest absolute Gasteiger partial charge is 0.0638 e. The summed E-state index contributed by atoms with van der Waals surface area (Å²) in [5.41, 5.74) is 1.05. The highest BCUT2D eigenvalue weighted by Gasteiger charge is 2.17. The summed E-state index contributed by atoms with van der Waals surface area (Å²) in [6.07, 6.45) is 4.94. The zero-order chi connectivity index (χ0) is 13.7. The van der Waals surface area contributed by atoms with Gasteiger partial charge in [-0.15, -0.1) is 0 Å². The van der Waals surface area contributed by atoms with Gasteiger partial charge in [0.05, 0.1) is 10.7 Å². The molecule has 1 saturated heterocycles. The van der Waals surface area contributed by atoms with Gasteiger partial charge in [0.25, 0.3) is 0 Å². The van der Waals surface area contributed by atoms with Gasteiger partial charge < -0.3 is 10.2 Å². The third-order valence-corrected chi connectivity index (χ3v) is 4.47. The molecule has 0 spiro atoms. The molecule has 1 heterocycles. The molecular weight excluding hydrogens is 324 g/mol. The summed E-state index contributed by atoms with van der Waals surface area (Å²) in [5.74, 6) is 0. The molecule has 0 amide bonds. The van der Waals surface area contributed by atoms with Crippen LogP contribution in [0.4, 0.5) is 5.69 Å². The van der Waals surface area contributed by atoms with E-state index in [1.165, 1.54) is 45.3 Å². The lowest BCUT2D eigenvalue weighted by molar-refractivity contribution is 0.285. The maximum Gasteiger partial charge on any atom is 0.0638 e. The fourth-order valence-electron chi connectivity index (χ4n) is 2.67. The van der Waals surface area contributed by atoms with Crippen LogP contribution >= 0.6 is 27.5 Å². The molecule has 0 saturated carbocycles. The lowest BCUT2D eigenvalue weighted by Crippen LogP contribution is -2.27. The van der Waals surface area contributed by atoms with Gasteiger partial charge in [-0.2, -0.15) is 0 Å². The molecule has 2 rings (SSSR count). The Morgan fingerprint density at radius 2 is 2.21 bits per heavy atom. The van der Waals surface area contributed by atoms with Crippen molar-refractivity contribution in [2.24, 2.45) is 0 Å². The Balaban J connectivity index is 1.94. The summed E-state index contributed by atoms with van der Waals surface area (Å²) in [5, 5.41) is 4.41. The number of hydrogen-bond donors (Lipinski definition) is 1. The molecule has 0 aliphatic carbocycles. The van der Waals surface area contributed by atoms with Crippen molar-refractivity contribution in [3.8, 4) is 0 Å². The number of hydrogen-bond acceptors (Lipinski definition) is 2. The third-order valence-electron chi connectivity index (χ3n) is 3.65. The molecule has 1 aromatic rings. The van der Waals surface area contributed by atoms with Crippen molar-refractivity contribution >= 4 is 33.2 Å². The molecule has 0 bridgehead atoms. The van der Waals surface area contributed by atoms with Crippen LogP contribution in [0.25, 0.3) is 0 Å². The Kier molecular flexibility index (Phi) is 5.99. The van der Waals surface area contributed by atoms with Crippen LogP contribution in [0.3, 0.4) is 0 Å². The highest BCUT2D eigenvalue weighted by molar-refractivity contribution is 9.10. The second-order valence-electron chi connectivity index (χ2n) is 5.24. The molecule has 1 N–H and O–H groups in total. The van der Waals surface area contributed by atoms with Gasteiger partial charge in [-0.25, -0.2) is 0 Å². The van der Waals surface area contributed by atoms with Crippen LogP contribution in [0.2, 0.25) is 5.02 Å². The van der Waals surface area contributed by atoms with Crippen LogP contribution in [0.1, 0.15) is 32.6 Å². The van der Waals surface area contributed by atoms with Gasteiger partial charge in [-0.05, 0) is 57.0 Å². The van der Waals surface area contributed by atoms with E-state index in [1.54, 1.807) is 0 Å². The predicted molar refractivity (Wildman–Crippen MR) is 87.1 cm³/mol. The zero-order valence-electron chi connectivity index (χ0n) is 11.5. The van der Waals surface area contributed by atoms with E-state index in [1.807, 2.05) is 12.1 Å². The van der Waals surface area contributed by atoms with Crippen molar-refractivity contribution in [2.75, 3.05) is 25.0 Å². The first-order valence-corrected chi connectivity index (χ1v) is 8.30. The van der Waals surface area contributed by atoms with Crippen LogP contribution in [0, 0.1) is 0 Å². The molecule has 0 radical (unpaired) electrons. The second-order valence-corrected chi connectivity index (χ2v) is 6.56. The van der Waals surface area contributed by atoms with Crippen LogP contribution in [0.5, 0.6) is 0 Å². The number of anilines is 1. The Hall–Kier alpha value is -0.250. The largest absolute Gasteiger partial charge is 0.381 e. The summed E-state index contributed by atoms with van der Waals surface area (Å²) in [4.78, 5) is 2.57. The lowest BCUT2D eigenvalue weighted by Gasteiger charge is -2.20. The average molecular weight is 346 g/mol. The first-order valence-electron chi connectivity index (χ1n) is 7.13. The van der Waals surface area contributed by atoms with E-state index in [2.05, 4.69) is 39.1 Å². The first-order chi connectivity index (χ1) is 9.19. The SMILES string of the molecule is CCCN1CCCC(Nc2cc(Br)ccc2Cl)CC1. The summed E-state index contributed by atoms with van der Waals surface area (Å²) in [7, 11) is 0. The van der Waals surface area contributed by atoms with Crippen molar-refractivity contribution in [3.05, 3.63) is 27.7 Å². The van der Waals surface area contributed by atoms with Crippen molar-refractivity contribution in [3.63, 3.8) is 0 Å². The summed E-state index contributed by atoms with van der Waals surface area (Å²) < 4.78 is 1.07. The van der Waals surface area contributed by atoms with E-state index in [4.69, 9.17) is 11.6 Å². The first kappa shape index (κ1) is 15.1. The Labute approximate surface area is 129 Å². The van der Waals surface area contributed by atoms with Crippen molar-refractivity contribution < 1.29 is 0 Å². The highest BCUT2D eigenvalue weighted by atomic mass is 79.9. The molecular formula is C15H22BrClN2. The monoisotopic (exact) mass is 344 g/mol. The molecule has 4 heteroatoms. The standard InChI is InChI=1S/C15H22BrClN2/c1-2-8-19-9-3-4-13(7-10-19)18-15-11-12(16)5-6-14(15)17/h5-6,11,13,18H,2-4,7-10H2,1H3. The Bertz CT molecular complexity index is 411. The molecule has 1 fully saturated rings. The van der Waals surface area contributed by atoms with E-state index in [9.17, 15) is 0 Å². The van der Waals surface area contributed by atoms with Gasteiger partial charge in [-0.3, -0.25) is 0 Å². The van der Waals surface area contributed by atoms with Crippen molar-refractivity contribution in [2.45, 2.75) is 38.6 Å². The third kappa shape index (κ3) is 4.66. The minimum Gasteiger partial charge on any atom is -0.381 e. The zero-order valence-corrected chi connectivity index (χ0v) is 13.8. The maximum atomic E-state index is 6.24. The normalized spacial score (nSPS) is 21.1. The quantitative estimate of drug-likeness (QED) is 0.845. The topological polar surface area (TPSA) is 15.3 Å². The Morgan fingerprint density at radius 3 is 3.00 bits per heavy atom. The van der Waals surface area contributed by atoms with Gasteiger partial charge in [0, 0.05) is 17.1 Å². The number of benzene rings is 1. The highest BCUT2D eigenvalue weighted by Crippen LogP contribution is 2.27. The summed E-state index contributed by atoms with van der Waals surface area (Å²) in [6.45, 7) is 5.90. The Morgan fingerprint density at radius 1 is 1.37 bits per heavy atom. The number of likely N-dealkylation sites (tertiary alicyclic amines) is 1. The minimum atomic E-state index is 0.536. The fourth-order valence-corrected chi connectivity index (χ4v) is 3.20. The number of rotatable bonds is 4. The van der Waals surface area contributed by atoms with Crippen LogP contribution in [0.15, 0.2) is 22.7 Å². The van der Waals surface area contributed by atoms with Gasteiger partial charge >= 0.3 is 0 Å². The molecule has 19 heavy (non-hydrogen) atoms. The number of halogens is 2. The molecule has 0 aromatic heterocycles. The molecule has 1 unspecified atom stereocenters. The molecule has 1 atom stereocenters. The average Bonchev–Trinajstić information content (AvgIpc) is 2.60. The minimum absolute atomic E-state index is 0.536. The predicted octanol–water partition coefficient (Wildman–Crippen LogP) is 4.78. The molecule has 1 aliphatic heterocycles. The van der Waals surface area contributed by atoms with E-state index in [0.717, 1.165) is 15.2 Å². The fraction of sp³-hybridized carbons (Fsp3) is 0.600. The molecule has 2 nitrogen and oxygen atoms in total. The van der Waals surface area contributed by atoms with E-state index < -0.39 is 0 Å². The van der Waals surface area contributed by atoms with E-state index in [0.29, 0.717) is 6.04 Å².